The van der Waals surface area contributed by atoms with E-state index in [-0.39, 0.29) is 11.6 Å². The molecular weight excluding hydrogens is 330 g/mol. The highest BCUT2D eigenvalue weighted by molar-refractivity contribution is 5.96. The summed E-state index contributed by atoms with van der Waals surface area (Å²) in [5, 5.41) is 12.9. The summed E-state index contributed by atoms with van der Waals surface area (Å²) in [6.07, 6.45) is 3.08. The van der Waals surface area contributed by atoms with Gasteiger partial charge in [0.25, 0.3) is 11.5 Å². The molecule has 1 aromatic carbocycles. The van der Waals surface area contributed by atoms with Gasteiger partial charge in [0.15, 0.2) is 5.56 Å². The maximum atomic E-state index is 12.6. The molecule has 0 aliphatic heterocycles. The molecule has 0 unspecified atom stereocenters. The SMILES string of the molecule is Cc1ccn2c(=O)c(C(=O)N[C@@H](C)CCc3ccccc3)c(O)nc2c1. The molecule has 0 bridgehead atoms. The van der Waals surface area contributed by atoms with Crippen molar-refractivity contribution in [2.24, 2.45) is 0 Å². The summed E-state index contributed by atoms with van der Waals surface area (Å²) in [5.41, 5.74) is 1.47. The molecule has 1 atom stereocenters. The number of carbonyl (C=O) groups excluding carboxylic acids is 1. The Morgan fingerprint density at radius 3 is 2.73 bits per heavy atom. The molecule has 26 heavy (non-hydrogen) atoms. The van der Waals surface area contributed by atoms with E-state index < -0.39 is 17.3 Å². The first kappa shape index (κ1) is 17.7. The highest BCUT2D eigenvalue weighted by Gasteiger charge is 2.21. The number of amides is 1. The lowest BCUT2D eigenvalue weighted by molar-refractivity contribution is 0.0933. The normalized spacial score (nSPS) is 12.1. The molecule has 1 amide bonds. The van der Waals surface area contributed by atoms with Crippen LogP contribution in [-0.2, 0) is 6.42 Å². The molecular formula is C20H21N3O3. The van der Waals surface area contributed by atoms with Crippen molar-refractivity contribution in [2.75, 3.05) is 0 Å². The fourth-order valence-electron chi connectivity index (χ4n) is 2.82. The van der Waals surface area contributed by atoms with Gasteiger partial charge in [-0.2, -0.15) is 4.98 Å². The van der Waals surface area contributed by atoms with Crippen molar-refractivity contribution in [1.82, 2.24) is 14.7 Å². The van der Waals surface area contributed by atoms with Gasteiger partial charge in [0.05, 0.1) is 0 Å². The number of benzene rings is 1. The van der Waals surface area contributed by atoms with Crippen LogP contribution in [-0.4, -0.2) is 26.4 Å². The Hall–Kier alpha value is -3.15. The summed E-state index contributed by atoms with van der Waals surface area (Å²) in [7, 11) is 0. The fourth-order valence-corrected chi connectivity index (χ4v) is 2.82. The van der Waals surface area contributed by atoms with E-state index in [2.05, 4.69) is 10.3 Å². The molecule has 3 aromatic rings. The minimum atomic E-state index is -0.615. The Bertz CT molecular complexity index is 996. The van der Waals surface area contributed by atoms with Crippen LogP contribution in [0.5, 0.6) is 5.88 Å². The molecule has 6 nitrogen and oxygen atoms in total. The number of nitrogens with one attached hydrogen (secondary N) is 1. The Kier molecular flexibility index (Phi) is 5.02. The van der Waals surface area contributed by atoms with E-state index in [0.717, 1.165) is 18.4 Å². The third-order valence-electron chi connectivity index (χ3n) is 4.28. The number of carbonyl (C=O) groups is 1. The van der Waals surface area contributed by atoms with E-state index in [9.17, 15) is 14.7 Å². The van der Waals surface area contributed by atoms with Crippen molar-refractivity contribution < 1.29 is 9.90 Å². The van der Waals surface area contributed by atoms with Crippen LogP contribution in [0.15, 0.2) is 53.5 Å². The number of pyridine rings is 1. The third-order valence-corrected chi connectivity index (χ3v) is 4.28. The average molecular weight is 351 g/mol. The van der Waals surface area contributed by atoms with Crippen LogP contribution in [0, 0.1) is 6.92 Å². The zero-order chi connectivity index (χ0) is 18.7. The topological polar surface area (TPSA) is 83.7 Å². The van der Waals surface area contributed by atoms with Crippen molar-refractivity contribution in [3.8, 4) is 5.88 Å². The van der Waals surface area contributed by atoms with Crippen LogP contribution in [0.4, 0.5) is 0 Å². The molecule has 0 spiro atoms. The summed E-state index contributed by atoms with van der Waals surface area (Å²) in [6, 6.07) is 13.2. The standard InChI is InChI=1S/C20H21N3O3/c1-13-10-11-23-16(12-13)22-19(25)17(20(23)26)18(24)21-14(2)8-9-15-6-4-3-5-7-15/h3-7,10-12,14,25H,8-9H2,1-2H3,(H,21,24)/t14-/m0/s1. The zero-order valence-electron chi connectivity index (χ0n) is 14.8. The number of hydrogen-bond acceptors (Lipinski definition) is 4. The van der Waals surface area contributed by atoms with Crippen molar-refractivity contribution in [3.63, 3.8) is 0 Å². The van der Waals surface area contributed by atoms with E-state index in [1.807, 2.05) is 44.2 Å². The van der Waals surface area contributed by atoms with E-state index in [4.69, 9.17) is 0 Å². The van der Waals surface area contributed by atoms with Gasteiger partial charge in [-0.05, 0) is 49.9 Å². The molecule has 3 rings (SSSR count). The van der Waals surface area contributed by atoms with Crippen molar-refractivity contribution in [2.45, 2.75) is 32.7 Å². The lowest BCUT2D eigenvalue weighted by atomic mass is 10.1. The largest absolute Gasteiger partial charge is 0.493 e. The Morgan fingerprint density at radius 1 is 1.27 bits per heavy atom. The second kappa shape index (κ2) is 7.39. The first-order chi connectivity index (χ1) is 12.5. The number of aromatic hydroxyl groups is 1. The van der Waals surface area contributed by atoms with Gasteiger partial charge in [-0.25, -0.2) is 0 Å². The Balaban J connectivity index is 1.77. The maximum Gasteiger partial charge on any atom is 0.274 e. The Morgan fingerprint density at radius 2 is 2.00 bits per heavy atom. The predicted octanol–water partition coefficient (Wildman–Crippen LogP) is 2.46. The molecule has 0 aliphatic carbocycles. The van der Waals surface area contributed by atoms with Gasteiger partial charge >= 0.3 is 0 Å². The molecule has 0 saturated carbocycles. The molecule has 0 saturated heterocycles. The van der Waals surface area contributed by atoms with Gasteiger partial charge in [-0.1, -0.05) is 30.3 Å². The number of rotatable bonds is 5. The predicted molar refractivity (Wildman–Crippen MR) is 99.6 cm³/mol. The molecule has 0 aliphatic rings. The molecule has 0 radical (unpaired) electrons. The van der Waals surface area contributed by atoms with Crippen LogP contribution in [0.2, 0.25) is 0 Å². The second-order valence-electron chi connectivity index (χ2n) is 6.45. The van der Waals surface area contributed by atoms with Gasteiger partial charge in [-0.3, -0.25) is 14.0 Å². The second-order valence-corrected chi connectivity index (χ2v) is 6.45. The van der Waals surface area contributed by atoms with Crippen molar-refractivity contribution in [1.29, 1.82) is 0 Å². The molecule has 134 valence electrons. The van der Waals surface area contributed by atoms with E-state index in [0.29, 0.717) is 5.65 Å². The van der Waals surface area contributed by atoms with Gasteiger partial charge in [0, 0.05) is 12.2 Å². The maximum absolute atomic E-state index is 12.6. The Labute approximate surface area is 151 Å². The first-order valence-electron chi connectivity index (χ1n) is 8.52. The van der Waals surface area contributed by atoms with E-state index in [1.54, 1.807) is 18.3 Å². The van der Waals surface area contributed by atoms with Gasteiger partial charge < -0.3 is 10.4 Å². The summed E-state index contributed by atoms with van der Waals surface area (Å²) >= 11 is 0. The average Bonchev–Trinajstić information content (AvgIpc) is 2.60. The summed E-state index contributed by atoms with van der Waals surface area (Å²) in [6.45, 7) is 3.73. The van der Waals surface area contributed by atoms with Gasteiger partial charge in [0.1, 0.15) is 5.65 Å². The van der Waals surface area contributed by atoms with Gasteiger partial charge in [0.2, 0.25) is 5.88 Å². The first-order valence-corrected chi connectivity index (χ1v) is 8.52. The molecule has 2 heterocycles. The summed E-state index contributed by atoms with van der Waals surface area (Å²) < 4.78 is 1.26. The monoisotopic (exact) mass is 351 g/mol. The molecule has 2 aromatic heterocycles. The zero-order valence-corrected chi connectivity index (χ0v) is 14.8. The fraction of sp³-hybridized carbons (Fsp3) is 0.250. The highest BCUT2D eigenvalue weighted by atomic mass is 16.3. The van der Waals surface area contributed by atoms with Gasteiger partial charge in [-0.15, -0.1) is 0 Å². The molecule has 6 heteroatoms. The van der Waals surface area contributed by atoms with Crippen LogP contribution in [0.3, 0.4) is 0 Å². The van der Waals surface area contributed by atoms with Crippen LogP contribution >= 0.6 is 0 Å². The smallest absolute Gasteiger partial charge is 0.274 e. The quantitative estimate of drug-likeness (QED) is 0.740. The number of aromatic nitrogens is 2. The van der Waals surface area contributed by atoms with Crippen molar-refractivity contribution >= 4 is 11.6 Å². The number of nitrogens with zero attached hydrogens (tertiary/aromatic N) is 2. The third kappa shape index (κ3) is 3.74. The molecule has 0 fully saturated rings. The number of fused-ring (bicyclic) bond motifs is 1. The number of aryl methyl sites for hydroxylation is 2. The lowest BCUT2D eigenvalue weighted by Crippen LogP contribution is -2.37. The van der Waals surface area contributed by atoms with Crippen LogP contribution in [0.1, 0.15) is 34.8 Å². The van der Waals surface area contributed by atoms with Crippen LogP contribution in [0.25, 0.3) is 5.65 Å². The minimum absolute atomic E-state index is 0.153. The van der Waals surface area contributed by atoms with E-state index >= 15 is 0 Å². The van der Waals surface area contributed by atoms with Crippen LogP contribution < -0.4 is 10.9 Å². The minimum Gasteiger partial charge on any atom is -0.493 e. The summed E-state index contributed by atoms with van der Waals surface area (Å²) in [5.74, 6) is -1.16. The van der Waals surface area contributed by atoms with Crippen molar-refractivity contribution in [3.05, 3.63) is 75.7 Å². The highest BCUT2D eigenvalue weighted by Crippen LogP contribution is 2.13. The summed E-state index contributed by atoms with van der Waals surface area (Å²) in [4.78, 5) is 29.0. The van der Waals surface area contributed by atoms with E-state index in [1.165, 1.54) is 9.96 Å². The number of hydrogen-bond donors (Lipinski definition) is 2. The molecule has 2 N–H and O–H groups in total. The lowest BCUT2D eigenvalue weighted by Gasteiger charge is -2.14.